The van der Waals surface area contributed by atoms with E-state index in [1.54, 1.807) is 19.9 Å². The van der Waals surface area contributed by atoms with E-state index in [1.165, 1.54) is 30.4 Å². The summed E-state index contributed by atoms with van der Waals surface area (Å²) in [5.41, 5.74) is -1.06. The topological polar surface area (TPSA) is 35.5 Å². The lowest BCUT2D eigenvalue weighted by Gasteiger charge is -2.28. The second-order valence-electron chi connectivity index (χ2n) is 8.01. The van der Waals surface area contributed by atoms with Gasteiger partial charge in [-0.05, 0) is 51.3 Å². The van der Waals surface area contributed by atoms with Crippen molar-refractivity contribution in [3.63, 3.8) is 0 Å². The third kappa shape index (κ3) is 6.30. The molecule has 3 nitrogen and oxygen atoms in total. The van der Waals surface area contributed by atoms with Crippen molar-refractivity contribution in [1.82, 2.24) is 0 Å². The van der Waals surface area contributed by atoms with Gasteiger partial charge in [0.15, 0.2) is 0 Å². The molecule has 2 aromatic carbocycles. The van der Waals surface area contributed by atoms with Crippen LogP contribution in [0.2, 0.25) is 0 Å². The highest BCUT2D eigenvalue weighted by molar-refractivity contribution is 6.61. The van der Waals surface area contributed by atoms with Gasteiger partial charge in [-0.15, -0.1) is 0 Å². The molecule has 172 valence electrons. The Bertz CT molecular complexity index is 984. The van der Waals surface area contributed by atoms with Crippen LogP contribution in [0.3, 0.4) is 0 Å². The minimum atomic E-state index is -4.66. The molecule has 2 rings (SSSR count). The van der Waals surface area contributed by atoms with Gasteiger partial charge in [-0.25, -0.2) is 4.39 Å². The van der Waals surface area contributed by atoms with E-state index in [-0.39, 0.29) is 22.2 Å². The van der Waals surface area contributed by atoms with Gasteiger partial charge in [-0.2, -0.15) is 13.2 Å². The molecule has 0 amide bonds. The highest BCUT2D eigenvalue weighted by Gasteiger charge is 2.34. The van der Waals surface area contributed by atoms with Crippen LogP contribution in [0.15, 0.2) is 30.3 Å². The average Bonchev–Trinajstić information content (AvgIpc) is 2.71. The molecule has 0 atom stereocenters. The van der Waals surface area contributed by atoms with Crippen molar-refractivity contribution in [2.24, 2.45) is 0 Å². The monoisotopic (exact) mass is 450 g/mol. The van der Waals surface area contributed by atoms with Crippen LogP contribution in [0.4, 0.5) is 17.6 Å². The molecule has 0 saturated heterocycles. The molecule has 2 aromatic rings. The van der Waals surface area contributed by atoms with E-state index in [2.05, 4.69) is 0 Å². The van der Waals surface area contributed by atoms with Gasteiger partial charge in [0.1, 0.15) is 12.1 Å². The van der Waals surface area contributed by atoms with Crippen LogP contribution < -0.4 is 5.46 Å². The van der Waals surface area contributed by atoms with Gasteiger partial charge in [0.25, 0.3) is 0 Å². The summed E-state index contributed by atoms with van der Waals surface area (Å²) in [4.78, 5) is 11.1. The summed E-state index contributed by atoms with van der Waals surface area (Å²) in [5.74, 6) is -0.635. The van der Waals surface area contributed by atoms with E-state index in [0.29, 0.717) is 24.9 Å². The first-order valence-electron chi connectivity index (χ1n) is 10.4. The van der Waals surface area contributed by atoms with Crippen molar-refractivity contribution >= 4 is 31.0 Å². The fourth-order valence-electron chi connectivity index (χ4n) is 3.03. The van der Waals surface area contributed by atoms with E-state index in [4.69, 9.17) is 9.31 Å². The summed E-state index contributed by atoms with van der Waals surface area (Å²) < 4.78 is 67.3. The molecule has 0 unspecified atom stereocenters. The third-order valence-corrected chi connectivity index (χ3v) is 5.22. The van der Waals surface area contributed by atoms with E-state index in [9.17, 15) is 18.0 Å². The Morgan fingerprint density at radius 2 is 1.69 bits per heavy atom. The maximum atomic E-state index is 15.3. The molecule has 8 heteroatoms. The number of carbonyl (C=O) groups is 1. The van der Waals surface area contributed by atoms with Crippen molar-refractivity contribution in [1.29, 1.82) is 0 Å². The van der Waals surface area contributed by atoms with Crippen molar-refractivity contribution in [3.8, 4) is 0 Å². The molecule has 0 heterocycles. The predicted molar refractivity (Wildman–Crippen MR) is 119 cm³/mol. The highest BCUT2D eigenvalue weighted by atomic mass is 19.4. The standard InChI is InChI=1S/C24H27BF4O3/c1-6-23(4,5)32-25(31-7-2)21-10-8-9-17(22(21)26)11-12-18-13-16(3)19(15-30)14-20(18)24(27,28)29/h8-15H,6-7H2,1-5H3/b12-11+. The number of carbonyl (C=O) groups excluding carboxylic acids is 1. The molecule has 0 saturated carbocycles. The molecule has 0 spiro atoms. The van der Waals surface area contributed by atoms with Crippen LogP contribution in [0.25, 0.3) is 12.2 Å². The summed E-state index contributed by atoms with van der Waals surface area (Å²) in [7, 11) is -0.955. The number of hydrogen-bond acceptors (Lipinski definition) is 3. The van der Waals surface area contributed by atoms with Crippen LogP contribution in [0, 0.1) is 12.7 Å². The molecule has 0 bridgehead atoms. The minimum Gasteiger partial charge on any atom is -0.408 e. The SMILES string of the molecule is CCOB(OC(C)(C)CC)c1cccc(/C=C/c2cc(C)c(C=O)cc2C(F)(F)F)c1F. The molecular formula is C24H27BF4O3. The maximum Gasteiger partial charge on any atom is 0.497 e. The second kappa shape index (κ2) is 10.4. The van der Waals surface area contributed by atoms with Crippen LogP contribution in [-0.4, -0.2) is 25.6 Å². The number of aryl methyl sites for hydroxylation is 1. The van der Waals surface area contributed by atoms with Crippen LogP contribution in [0.5, 0.6) is 0 Å². The third-order valence-electron chi connectivity index (χ3n) is 5.22. The second-order valence-corrected chi connectivity index (χ2v) is 8.01. The summed E-state index contributed by atoms with van der Waals surface area (Å²) in [6.45, 7) is 9.27. The molecule has 0 fully saturated rings. The normalized spacial score (nSPS) is 12.4. The Morgan fingerprint density at radius 1 is 1.03 bits per heavy atom. The Hall–Kier alpha value is -2.45. The van der Waals surface area contributed by atoms with E-state index in [1.807, 2.05) is 20.8 Å². The summed E-state index contributed by atoms with van der Waals surface area (Å²) in [5, 5.41) is 0. The molecule has 0 N–H and O–H groups in total. The maximum absolute atomic E-state index is 15.3. The number of halogens is 4. The van der Waals surface area contributed by atoms with Gasteiger partial charge < -0.3 is 9.31 Å². The molecule has 32 heavy (non-hydrogen) atoms. The number of hydrogen-bond donors (Lipinski definition) is 0. The molecular weight excluding hydrogens is 423 g/mol. The Balaban J connectivity index is 2.49. The first kappa shape index (κ1) is 25.8. The first-order chi connectivity index (χ1) is 14.9. The van der Waals surface area contributed by atoms with Crippen molar-refractivity contribution in [2.45, 2.75) is 52.8 Å². The van der Waals surface area contributed by atoms with Crippen LogP contribution >= 0.6 is 0 Å². The molecule has 0 radical (unpaired) electrons. The molecule has 0 aromatic heterocycles. The van der Waals surface area contributed by atoms with Crippen molar-refractivity contribution in [2.75, 3.05) is 6.61 Å². The Morgan fingerprint density at radius 3 is 2.25 bits per heavy atom. The van der Waals surface area contributed by atoms with Gasteiger partial charge in [0.2, 0.25) is 0 Å². The zero-order valence-corrected chi connectivity index (χ0v) is 18.8. The average molecular weight is 450 g/mol. The van der Waals surface area contributed by atoms with Gasteiger partial charge in [0, 0.05) is 28.8 Å². The Kier molecular flexibility index (Phi) is 8.43. The lowest BCUT2D eigenvalue weighted by atomic mass is 9.76. The van der Waals surface area contributed by atoms with E-state index >= 15 is 4.39 Å². The quantitative estimate of drug-likeness (QED) is 0.201. The fourth-order valence-corrected chi connectivity index (χ4v) is 3.03. The number of alkyl halides is 3. The zero-order chi connectivity index (χ0) is 24.1. The number of aldehydes is 1. The highest BCUT2D eigenvalue weighted by Crippen LogP contribution is 2.34. The van der Waals surface area contributed by atoms with Gasteiger partial charge in [-0.3, -0.25) is 4.79 Å². The van der Waals surface area contributed by atoms with Crippen LogP contribution in [-0.2, 0) is 15.5 Å². The first-order valence-corrected chi connectivity index (χ1v) is 10.4. The van der Waals surface area contributed by atoms with Gasteiger partial charge in [0.05, 0.1) is 5.56 Å². The summed E-state index contributed by atoms with van der Waals surface area (Å²) in [6.07, 6.45) is -1.14. The number of benzene rings is 2. The van der Waals surface area contributed by atoms with Gasteiger partial charge >= 0.3 is 13.3 Å². The molecule has 0 aliphatic rings. The van der Waals surface area contributed by atoms with Crippen molar-refractivity contribution in [3.05, 3.63) is 64.0 Å². The minimum absolute atomic E-state index is 0.0436. The fraction of sp³-hybridized carbons (Fsp3) is 0.375. The number of rotatable bonds is 9. The van der Waals surface area contributed by atoms with Crippen molar-refractivity contribution < 1.29 is 31.7 Å². The summed E-state index contributed by atoms with van der Waals surface area (Å²) >= 11 is 0. The zero-order valence-electron chi connectivity index (χ0n) is 18.8. The lowest BCUT2D eigenvalue weighted by Crippen LogP contribution is -2.45. The predicted octanol–water partition coefficient (Wildman–Crippen LogP) is 6.07. The van der Waals surface area contributed by atoms with Gasteiger partial charge in [-0.1, -0.05) is 43.3 Å². The smallest absolute Gasteiger partial charge is 0.408 e. The Labute approximate surface area is 186 Å². The van der Waals surface area contributed by atoms with Crippen LogP contribution in [0.1, 0.15) is 66.7 Å². The largest absolute Gasteiger partial charge is 0.497 e. The van der Waals surface area contributed by atoms with E-state index in [0.717, 1.165) is 6.07 Å². The summed E-state index contributed by atoms with van der Waals surface area (Å²) in [6, 6.07) is 6.66. The molecule has 0 aliphatic carbocycles. The van der Waals surface area contributed by atoms with E-state index < -0.39 is 30.3 Å². The molecule has 0 aliphatic heterocycles. The lowest BCUT2D eigenvalue weighted by molar-refractivity contribution is -0.137.